The van der Waals surface area contributed by atoms with Gasteiger partial charge in [-0.25, -0.2) is 4.39 Å². The second kappa shape index (κ2) is 7.95. The van der Waals surface area contributed by atoms with Gasteiger partial charge in [-0.3, -0.25) is 9.79 Å². The molecule has 0 unspecified atom stereocenters. The van der Waals surface area contributed by atoms with E-state index in [1.807, 2.05) is 18.2 Å². The Morgan fingerprint density at radius 1 is 1.12 bits per heavy atom. The molecule has 0 atom stereocenters. The van der Waals surface area contributed by atoms with Gasteiger partial charge in [-0.2, -0.15) is 0 Å². The molecule has 0 aliphatic heterocycles. The topological polar surface area (TPSA) is 54.6 Å². The summed E-state index contributed by atoms with van der Waals surface area (Å²) in [5.41, 5.74) is 1.09. The summed E-state index contributed by atoms with van der Waals surface area (Å²) in [7, 11) is 0. The Morgan fingerprint density at radius 3 is 2.58 bits per heavy atom. The molecule has 0 bridgehead atoms. The number of pyridine rings is 1. The molecule has 0 aliphatic carbocycles. The standard InChI is InChI=1S/C21H21FN2O2/c1-2-3-6-13-24-19-8-5-4-7-17(19)20(25)18(21(24)26)14-23-16-11-9-15(22)10-12-16/h4-5,7-12,14,25H,2-3,6,13H2,1H3. The van der Waals surface area contributed by atoms with E-state index in [1.165, 1.54) is 30.5 Å². The third kappa shape index (κ3) is 3.67. The fraction of sp³-hybridized carbons (Fsp3) is 0.238. The van der Waals surface area contributed by atoms with Crippen LogP contribution in [0.25, 0.3) is 10.9 Å². The van der Waals surface area contributed by atoms with E-state index < -0.39 is 0 Å². The minimum Gasteiger partial charge on any atom is -0.506 e. The summed E-state index contributed by atoms with van der Waals surface area (Å²) in [6.07, 6.45) is 4.33. The van der Waals surface area contributed by atoms with Gasteiger partial charge in [0, 0.05) is 18.1 Å². The van der Waals surface area contributed by atoms with Gasteiger partial charge in [0.05, 0.1) is 11.2 Å². The lowest BCUT2D eigenvalue weighted by Gasteiger charge is -2.13. The number of aliphatic imine (C=N–C) groups is 1. The first-order valence-electron chi connectivity index (χ1n) is 8.76. The fourth-order valence-electron chi connectivity index (χ4n) is 2.93. The summed E-state index contributed by atoms with van der Waals surface area (Å²) >= 11 is 0. The third-order valence-corrected chi connectivity index (χ3v) is 4.34. The smallest absolute Gasteiger partial charge is 0.263 e. The predicted molar refractivity (Wildman–Crippen MR) is 103 cm³/mol. The molecule has 1 aromatic heterocycles. The van der Waals surface area contributed by atoms with Crippen LogP contribution in [0.2, 0.25) is 0 Å². The van der Waals surface area contributed by atoms with Crippen molar-refractivity contribution in [1.82, 2.24) is 4.57 Å². The number of hydrogen-bond donors (Lipinski definition) is 1. The van der Waals surface area contributed by atoms with Crippen molar-refractivity contribution in [1.29, 1.82) is 0 Å². The summed E-state index contributed by atoms with van der Waals surface area (Å²) in [5.74, 6) is -0.431. The Balaban J connectivity index is 2.09. The number of rotatable bonds is 6. The lowest BCUT2D eigenvalue weighted by molar-refractivity contribution is 0.477. The predicted octanol–water partition coefficient (Wildman–Crippen LogP) is 4.79. The largest absolute Gasteiger partial charge is 0.506 e. The molecule has 0 saturated heterocycles. The van der Waals surface area contributed by atoms with E-state index in [0.29, 0.717) is 23.1 Å². The molecule has 0 saturated carbocycles. The first-order valence-corrected chi connectivity index (χ1v) is 8.76. The minimum atomic E-state index is -0.351. The zero-order chi connectivity index (χ0) is 18.5. The highest BCUT2D eigenvalue weighted by Gasteiger charge is 2.14. The van der Waals surface area contributed by atoms with Gasteiger partial charge in [0.1, 0.15) is 17.1 Å². The molecule has 0 spiro atoms. The highest BCUT2D eigenvalue weighted by atomic mass is 19.1. The van der Waals surface area contributed by atoms with E-state index in [4.69, 9.17) is 0 Å². The molecule has 1 heterocycles. The van der Waals surface area contributed by atoms with Gasteiger partial charge in [-0.15, -0.1) is 0 Å². The molecular weight excluding hydrogens is 331 g/mol. The number of para-hydroxylation sites is 1. The molecule has 0 radical (unpaired) electrons. The second-order valence-corrected chi connectivity index (χ2v) is 6.18. The summed E-state index contributed by atoms with van der Waals surface area (Å²) in [5, 5.41) is 11.2. The first-order chi connectivity index (χ1) is 12.6. The quantitative estimate of drug-likeness (QED) is 0.512. The van der Waals surface area contributed by atoms with Gasteiger partial charge < -0.3 is 9.67 Å². The lowest BCUT2D eigenvalue weighted by atomic mass is 10.1. The van der Waals surface area contributed by atoms with Gasteiger partial charge in [0.15, 0.2) is 0 Å². The molecule has 0 aliphatic rings. The first kappa shape index (κ1) is 17.9. The third-order valence-electron chi connectivity index (χ3n) is 4.34. The van der Waals surface area contributed by atoms with Crippen LogP contribution in [0.3, 0.4) is 0 Å². The maximum atomic E-state index is 13.0. The average molecular weight is 352 g/mol. The molecule has 134 valence electrons. The van der Waals surface area contributed by atoms with Crippen molar-refractivity contribution >= 4 is 22.8 Å². The summed E-state index contributed by atoms with van der Waals surface area (Å²) in [6, 6.07) is 12.9. The van der Waals surface area contributed by atoms with Crippen LogP contribution in [0.4, 0.5) is 10.1 Å². The number of halogens is 1. The van der Waals surface area contributed by atoms with E-state index in [2.05, 4.69) is 11.9 Å². The van der Waals surface area contributed by atoms with Crippen molar-refractivity contribution in [3.05, 3.63) is 70.3 Å². The van der Waals surface area contributed by atoms with Gasteiger partial charge >= 0.3 is 0 Å². The normalized spacial score (nSPS) is 11.5. The molecule has 5 heteroatoms. The second-order valence-electron chi connectivity index (χ2n) is 6.18. The van der Waals surface area contributed by atoms with Crippen LogP contribution in [0.1, 0.15) is 31.7 Å². The molecule has 0 amide bonds. The van der Waals surface area contributed by atoms with Crippen LogP contribution in [0, 0.1) is 5.82 Å². The lowest BCUT2D eigenvalue weighted by Crippen LogP contribution is -2.24. The number of aryl methyl sites for hydroxylation is 1. The molecule has 3 aromatic rings. The van der Waals surface area contributed by atoms with Crippen molar-refractivity contribution < 1.29 is 9.50 Å². The van der Waals surface area contributed by atoms with Gasteiger partial charge in [0.25, 0.3) is 5.56 Å². The summed E-state index contributed by atoms with van der Waals surface area (Å²) in [4.78, 5) is 17.1. The summed E-state index contributed by atoms with van der Waals surface area (Å²) in [6.45, 7) is 2.70. The Bertz CT molecular complexity index is 991. The molecule has 26 heavy (non-hydrogen) atoms. The van der Waals surface area contributed by atoms with Gasteiger partial charge in [-0.1, -0.05) is 31.9 Å². The maximum absolute atomic E-state index is 13.0. The molecule has 1 N–H and O–H groups in total. The van der Waals surface area contributed by atoms with Crippen LogP contribution < -0.4 is 5.56 Å². The van der Waals surface area contributed by atoms with Crippen molar-refractivity contribution in [3.8, 4) is 5.75 Å². The number of benzene rings is 2. The van der Waals surface area contributed by atoms with E-state index in [0.717, 1.165) is 19.3 Å². The Morgan fingerprint density at radius 2 is 1.85 bits per heavy atom. The molecule has 2 aromatic carbocycles. The summed E-state index contributed by atoms with van der Waals surface area (Å²) < 4.78 is 14.7. The van der Waals surface area contributed by atoms with Crippen molar-refractivity contribution in [2.45, 2.75) is 32.7 Å². The Hall–Kier alpha value is -2.95. The molecule has 3 rings (SSSR count). The van der Waals surface area contributed by atoms with E-state index in [-0.39, 0.29) is 22.7 Å². The number of fused-ring (bicyclic) bond motifs is 1. The highest BCUT2D eigenvalue weighted by Crippen LogP contribution is 2.26. The zero-order valence-corrected chi connectivity index (χ0v) is 14.7. The SMILES string of the molecule is CCCCCn1c(=O)c(C=Nc2ccc(F)cc2)c(O)c2ccccc21. The average Bonchev–Trinajstić information content (AvgIpc) is 2.66. The molecular formula is C21H21FN2O2. The fourth-order valence-corrected chi connectivity index (χ4v) is 2.93. The van der Waals surface area contributed by atoms with Crippen LogP contribution in [-0.4, -0.2) is 15.9 Å². The highest BCUT2D eigenvalue weighted by molar-refractivity contribution is 5.95. The Kier molecular flexibility index (Phi) is 5.46. The van der Waals surface area contributed by atoms with Crippen LogP contribution in [0.15, 0.2) is 58.3 Å². The maximum Gasteiger partial charge on any atom is 0.263 e. The number of aromatic nitrogens is 1. The van der Waals surface area contributed by atoms with Crippen molar-refractivity contribution in [2.24, 2.45) is 4.99 Å². The van der Waals surface area contributed by atoms with Crippen LogP contribution in [-0.2, 0) is 6.54 Å². The monoisotopic (exact) mass is 352 g/mol. The van der Waals surface area contributed by atoms with Crippen molar-refractivity contribution in [3.63, 3.8) is 0 Å². The molecule has 4 nitrogen and oxygen atoms in total. The van der Waals surface area contributed by atoms with Crippen LogP contribution >= 0.6 is 0 Å². The van der Waals surface area contributed by atoms with Gasteiger partial charge in [0.2, 0.25) is 0 Å². The number of aromatic hydroxyl groups is 1. The van der Waals surface area contributed by atoms with E-state index in [9.17, 15) is 14.3 Å². The van der Waals surface area contributed by atoms with E-state index >= 15 is 0 Å². The van der Waals surface area contributed by atoms with E-state index in [1.54, 1.807) is 10.6 Å². The number of hydrogen-bond acceptors (Lipinski definition) is 3. The minimum absolute atomic E-state index is 0.0804. The van der Waals surface area contributed by atoms with Crippen molar-refractivity contribution in [2.75, 3.05) is 0 Å². The zero-order valence-electron chi connectivity index (χ0n) is 14.7. The molecule has 0 fully saturated rings. The Labute approximate surface area is 151 Å². The number of nitrogens with zero attached hydrogens (tertiary/aromatic N) is 2. The van der Waals surface area contributed by atoms with Gasteiger partial charge in [-0.05, 0) is 42.8 Å². The number of unbranched alkanes of at least 4 members (excludes halogenated alkanes) is 2. The van der Waals surface area contributed by atoms with Crippen LogP contribution in [0.5, 0.6) is 5.75 Å².